The number of carbonyl (C=O) groups is 2. The summed E-state index contributed by atoms with van der Waals surface area (Å²) >= 11 is 1.30. The van der Waals surface area contributed by atoms with Crippen LogP contribution in [0.5, 0.6) is 5.75 Å². The summed E-state index contributed by atoms with van der Waals surface area (Å²) in [6.07, 6.45) is 0. The fourth-order valence-electron chi connectivity index (χ4n) is 2.34. The first-order valence-electron chi connectivity index (χ1n) is 8.32. The maximum absolute atomic E-state index is 12.3. The number of rotatable bonds is 7. The van der Waals surface area contributed by atoms with Crippen LogP contribution in [0.2, 0.25) is 0 Å². The number of aryl methyl sites for hydroxylation is 2. The predicted octanol–water partition coefficient (Wildman–Crippen LogP) is 4.01. The average Bonchev–Trinajstić information content (AvgIpc) is 2.62. The highest BCUT2D eigenvalue weighted by molar-refractivity contribution is 8.01. The zero-order valence-corrected chi connectivity index (χ0v) is 16.3. The van der Waals surface area contributed by atoms with Crippen molar-refractivity contribution in [2.24, 2.45) is 0 Å². The molecule has 0 radical (unpaired) electrons. The van der Waals surface area contributed by atoms with Gasteiger partial charge in [0.1, 0.15) is 5.75 Å². The normalized spacial score (nSPS) is 11.5. The van der Waals surface area contributed by atoms with Crippen LogP contribution in [0.3, 0.4) is 0 Å². The molecule has 2 rings (SSSR count). The number of benzene rings is 2. The number of ether oxygens (including phenoxy) is 1. The van der Waals surface area contributed by atoms with Crippen molar-refractivity contribution in [3.05, 3.63) is 53.6 Å². The molecule has 6 heteroatoms. The van der Waals surface area contributed by atoms with Crippen LogP contribution in [0.4, 0.5) is 11.4 Å². The molecule has 0 bridgehead atoms. The molecule has 2 N–H and O–H groups in total. The number of thioether (sulfide) groups is 1. The Morgan fingerprint density at radius 2 is 1.77 bits per heavy atom. The van der Waals surface area contributed by atoms with Crippen LogP contribution in [0.1, 0.15) is 18.1 Å². The van der Waals surface area contributed by atoms with Gasteiger partial charge in [0, 0.05) is 11.4 Å². The Morgan fingerprint density at radius 3 is 2.38 bits per heavy atom. The molecule has 1 unspecified atom stereocenters. The summed E-state index contributed by atoms with van der Waals surface area (Å²) in [7, 11) is 1.59. The quantitative estimate of drug-likeness (QED) is 0.771. The van der Waals surface area contributed by atoms with Gasteiger partial charge < -0.3 is 15.4 Å². The zero-order chi connectivity index (χ0) is 19.1. The van der Waals surface area contributed by atoms with Gasteiger partial charge in [-0.15, -0.1) is 11.8 Å². The number of carbonyl (C=O) groups excluding carboxylic acids is 2. The molecule has 0 aliphatic heterocycles. The smallest absolute Gasteiger partial charge is 0.237 e. The van der Waals surface area contributed by atoms with Crippen LogP contribution in [0.25, 0.3) is 0 Å². The van der Waals surface area contributed by atoms with Crippen LogP contribution in [0.15, 0.2) is 42.5 Å². The number of nitrogens with one attached hydrogen (secondary N) is 2. The Balaban J connectivity index is 1.81. The van der Waals surface area contributed by atoms with Gasteiger partial charge in [0.2, 0.25) is 11.8 Å². The number of hydrogen-bond acceptors (Lipinski definition) is 4. The van der Waals surface area contributed by atoms with Crippen LogP contribution in [-0.2, 0) is 9.59 Å². The Labute approximate surface area is 158 Å². The van der Waals surface area contributed by atoms with E-state index in [-0.39, 0.29) is 22.8 Å². The van der Waals surface area contributed by atoms with E-state index in [0.717, 1.165) is 22.6 Å². The molecule has 0 fully saturated rings. The van der Waals surface area contributed by atoms with E-state index in [1.165, 1.54) is 11.8 Å². The number of amides is 2. The largest absolute Gasteiger partial charge is 0.497 e. The maximum atomic E-state index is 12.3. The third-order valence-electron chi connectivity index (χ3n) is 3.85. The Bertz CT molecular complexity index is 775. The minimum Gasteiger partial charge on any atom is -0.497 e. The van der Waals surface area contributed by atoms with Gasteiger partial charge >= 0.3 is 0 Å². The molecule has 0 saturated carbocycles. The van der Waals surface area contributed by atoms with Crippen molar-refractivity contribution < 1.29 is 14.3 Å². The summed E-state index contributed by atoms with van der Waals surface area (Å²) < 4.78 is 5.08. The van der Waals surface area contributed by atoms with Gasteiger partial charge in [0.25, 0.3) is 0 Å². The summed E-state index contributed by atoms with van der Waals surface area (Å²) in [4.78, 5) is 24.4. The predicted molar refractivity (Wildman–Crippen MR) is 108 cm³/mol. The maximum Gasteiger partial charge on any atom is 0.237 e. The summed E-state index contributed by atoms with van der Waals surface area (Å²) in [6.45, 7) is 5.77. The van der Waals surface area contributed by atoms with Gasteiger partial charge in [-0.2, -0.15) is 0 Å². The summed E-state index contributed by atoms with van der Waals surface area (Å²) in [6, 6.07) is 13.0. The van der Waals surface area contributed by atoms with Gasteiger partial charge in [-0.25, -0.2) is 0 Å². The van der Waals surface area contributed by atoms with Crippen molar-refractivity contribution in [3.63, 3.8) is 0 Å². The fraction of sp³-hybridized carbons (Fsp3) is 0.300. The molecule has 0 spiro atoms. The molecule has 0 aliphatic rings. The van der Waals surface area contributed by atoms with E-state index in [0.29, 0.717) is 5.69 Å². The number of hydrogen-bond donors (Lipinski definition) is 2. The lowest BCUT2D eigenvalue weighted by Gasteiger charge is -2.14. The lowest BCUT2D eigenvalue weighted by molar-refractivity contribution is -0.115. The van der Waals surface area contributed by atoms with Crippen LogP contribution in [0, 0.1) is 13.8 Å². The second-order valence-electron chi connectivity index (χ2n) is 6.04. The number of anilines is 2. The third-order valence-corrected chi connectivity index (χ3v) is 4.99. The van der Waals surface area contributed by atoms with E-state index >= 15 is 0 Å². The molecule has 0 heterocycles. The molecule has 2 amide bonds. The van der Waals surface area contributed by atoms with E-state index in [9.17, 15) is 9.59 Å². The molecular formula is C20H24N2O3S. The van der Waals surface area contributed by atoms with Crippen LogP contribution >= 0.6 is 11.8 Å². The van der Waals surface area contributed by atoms with E-state index in [4.69, 9.17) is 4.74 Å². The standard InChI is InChI=1S/C20H24N2O3S/c1-13-5-10-18(14(2)11-13)22-20(24)15(3)26-12-19(23)21-16-6-8-17(25-4)9-7-16/h5-11,15H,12H2,1-4H3,(H,21,23)(H,22,24). The second kappa shape index (κ2) is 9.29. The van der Waals surface area contributed by atoms with Gasteiger partial charge in [-0.1, -0.05) is 17.7 Å². The van der Waals surface area contributed by atoms with Crippen molar-refractivity contribution in [2.45, 2.75) is 26.0 Å². The van der Waals surface area contributed by atoms with Crippen molar-refractivity contribution in [2.75, 3.05) is 23.5 Å². The minimum atomic E-state index is -0.336. The highest BCUT2D eigenvalue weighted by Crippen LogP contribution is 2.19. The van der Waals surface area contributed by atoms with Crippen molar-refractivity contribution in [1.82, 2.24) is 0 Å². The summed E-state index contributed by atoms with van der Waals surface area (Å²) in [5.74, 6) is 0.674. The molecule has 5 nitrogen and oxygen atoms in total. The minimum absolute atomic E-state index is 0.112. The first kappa shape index (κ1) is 19.8. The Morgan fingerprint density at radius 1 is 1.08 bits per heavy atom. The van der Waals surface area contributed by atoms with E-state index in [1.807, 2.05) is 32.0 Å². The van der Waals surface area contributed by atoms with Gasteiger partial charge in [0.05, 0.1) is 18.1 Å². The molecule has 1 atom stereocenters. The SMILES string of the molecule is COc1ccc(NC(=O)CSC(C)C(=O)Nc2ccc(C)cc2C)cc1. The van der Waals surface area contributed by atoms with Crippen LogP contribution in [-0.4, -0.2) is 29.9 Å². The first-order chi connectivity index (χ1) is 12.4. The molecule has 138 valence electrons. The summed E-state index contributed by atoms with van der Waals surface area (Å²) in [5, 5.41) is 5.39. The molecular weight excluding hydrogens is 348 g/mol. The van der Waals surface area contributed by atoms with E-state index < -0.39 is 0 Å². The molecule has 2 aromatic carbocycles. The van der Waals surface area contributed by atoms with E-state index in [2.05, 4.69) is 10.6 Å². The van der Waals surface area contributed by atoms with Crippen molar-refractivity contribution >= 4 is 35.0 Å². The van der Waals surface area contributed by atoms with Crippen molar-refractivity contribution in [1.29, 1.82) is 0 Å². The lowest BCUT2D eigenvalue weighted by Crippen LogP contribution is -2.25. The lowest BCUT2D eigenvalue weighted by atomic mass is 10.1. The van der Waals surface area contributed by atoms with Gasteiger partial charge in [0.15, 0.2) is 0 Å². The van der Waals surface area contributed by atoms with Gasteiger partial charge in [-0.3, -0.25) is 9.59 Å². The Kier molecular flexibility index (Phi) is 7.09. The molecule has 2 aromatic rings. The molecule has 0 aromatic heterocycles. The Hall–Kier alpha value is -2.47. The monoisotopic (exact) mass is 372 g/mol. The van der Waals surface area contributed by atoms with Crippen molar-refractivity contribution in [3.8, 4) is 5.75 Å². The highest BCUT2D eigenvalue weighted by atomic mass is 32.2. The molecule has 0 aliphatic carbocycles. The topological polar surface area (TPSA) is 67.4 Å². The fourth-order valence-corrected chi connectivity index (χ4v) is 3.02. The third kappa shape index (κ3) is 5.81. The van der Waals surface area contributed by atoms with Gasteiger partial charge in [-0.05, 0) is 56.7 Å². The average molecular weight is 372 g/mol. The first-order valence-corrected chi connectivity index (χ1v) is 9.37. The number of methoxy groups -OCH3 is 1. The molecule has 0 saturated heterocycles. The van der Waals surface area contributed by atoms with Crippen LogP contribution < -0.4 is 15.4 Å². The zero-order valence-electron chi connectivity index (χ0n) is 15.5. The highest BCUT2D eigenvalue weighted by Gasteiger charge is 2.16. The van der Waals surface area contributed by atoms with E-state index in [1.54, 1.807) is 38.3 Å². The summed E-state index contributed by atoms with van der Waals surface area (Å²) in [5.41, 5.74) is 3.67. The second-order valence-corrected chi connectivity index (χ2v) is 7.37. The molecule has 26 heavy (non-hydrogen) atoms.